The third-order valence-electron chi connectivity index (χ3n) is 1.88. The number of hydrogen-bond acceptors (Lipinski definition) is 4. The molecule has 0 bridgehead atoms. The zero-order valence-electron chi connectivity index (χ0n) is 7.90. The van der Waals surface area contributed by atoms with Crippen LogP contribution in [0.3, 0.4) is 0 Å². The third kappa shape index (κ3) is 2.39. The fourth-order valence-electron chi connectivity index (χ4n) is 1.13. The molecule has 0 aliphatic rings. The molecule has 3 N–H and O–H groups in total. The average molecular weight is 206 g/mol. The van der Waals surface area contributed by atoms with Crippen LogP contribution in [0.25, 0.3) is 0 Å². The van der Waals surface area contributed by atoms with Gasteiger partial charge in [-0.15, -0.1) is 0 Å². The Hall–Kier alpha value is -2.18. The van der Waals surface area contributed by atoms with Gasteiger partial charge in [0.25, 0.3) is 5.91 Å². The predicted octanol–water partition coefficient (Wildman–Crippen LogP) is -0.500. The fourth-order valence-corrected chi connectivity index (χ4v) is 1.13. The Bertz CT molecular complexity index is 406. The minimum Gasteiger partial charge on any atom is -0.350 e. The van der Waals surface area contributed by atoms with Crippen LogP contribution in [0, 0.1) is 0 Å². The van der Waals surface area contributed by atoms with Crippen molar-refractivity contribution in [1.29, 1.82) is 0 Å². The van der Waals surface area contributed by atoms with Gasteiger partial charge < -0.3 is 10.3 Å². The van der Waals surface area contributed by atoms with Crippen molar-refractivity contribution >= 4 is 5.91 Å². The molecule has 2 aromatic rings. The number of rotatable bonds is 4. The largest absolute Gasteiger partial charge is 0.350 e. The first-order valence-corrected chi connectivity index (χ1v) is 4.47. The van der Waals surface area contributed by atoms with Crippen molar-refractivity contribution < 1.29 is 4.79 Å². The normalized spacial score (nSPS) is 10.1. The molecule has 0 spiro atoms. The van der Waals surface area contributed by atoms with Gasteiger partial charge >= 0.3 is 0 Å². The van der Waals surface area contributed by atoms with E-state index in [1.807, 2.05) is 0 Å². The first kappa shape index (κ1) is 9.38. The van der Waals surface area contributed by atoms with E-state index in [9.17, 15) is 4.79 Å². The molecule has 0 aromatic carbocycles. The van der Waals surface area contributed by atoms with Crippen LogP contribution in [0.5, 0.6) is 0 Å². The van der Waals surface area contributed by atoms with Crippen molar-refractivity contribution in [2.75, 3.05) is 6.54 Å². The predicted molar refractivity (Wildman–Crippen MR) is 51.0 cm³/mol. The number of amides is 1. The maximum atomic E-state index is 11.4. The van der Waals surface area contributed by atoms with Crippen molar-refractivity contribution in [2.24, 2.45) is 0 Å². The highest BCUT2D eigenvalue weighted by molar-refractivity contribution is 5.91. The lowest BCUT2D eigenvalue weighted by molar-refractivity contribution is 0.0949. The Morgan fingerprint density at radius 2 is 2.40 bits per heavy atom. The Kier molecular flexibility index (Phi) is 2.72. The van der Waals surface area contributed by atoms with Crippen LogP contribution in [-0.4, -0.2) is 37.8 Å². The molecular formula is C8H10N6O. The Morgan fingerprint density at radius 3 is 3.07 bits per heavy atom. The van der Waals surface area contributed by atoms with E-state index in [4.69, 9.17) is 0 Å². The van der Waals surface area contributed by atoms with Crippen molar-refractivity contribution in [3.63, 3.8) is 0 Å². The molecule has 78 valence electrons. The van der Waals surface area contributed by atoms with Gasteiger partial charge in [0.05, 0.1) is 12.5 Å². The maximum absolute atomic E-state index is 11.4. The first-order chi connectivity index (χ1) is 7.36. The third-order valence-corrected chi connectivity index (χ3v) is 1.88. The Labute approximate surface area is 85.3 Å². The summed E-state index contributed by atoms with van der Waals surface area (Å²) in [6.07, 6.45) is 5.42. The van der Waals surface area contributed by atoms with E-state index in [2.05, 4.69) is 30.7 Å². The van der Waals surface area contributed by atoms with E-state index in [0.717, 1.165) is 5.69 Å². The smallest absolute Gasteiger partial charge is 0.273 e. The standard InChI is InChI=1S/C8H10N6O/c15-8(7-4-12-14-13-7)10-2-1-6-3-9-5-11-6/h3-5H,1-2H2,(H,9,11)(H,10,15)(H,12,13,14). The second-order valence-electron chi connectivity index (χ2n) is 2.94. The average Bonchev–Trinajstić information content (AvgIpc) is 2.90. The SMILES string of the molecule is O=C(NCCc1cnc[nH]1)c1cn[nH]n1. The highest BCUT2D eigenvalue weighted by Gasteiger charge is 2.06. The molecule has 15 heavy (non-hydrogen) atoms. The van der Waals surface area contributed by atoms with Gasteiger partial charge in [0.1, 0.15) is 0 Å². The molecule has 7 nitrogen and oxygen atoms in total. The van der Waals surface area contributed by atoms with Gasteiger partial charge in [0, 0.05) is 24.9 Å². The number of aromatic nitrogens is 5. The molecule has 1 amide bonds. The second kappa shape index (κ2) is 4.36. The number of nitrogens with zero attached hydrogens (tertiary/aromatic N) is 3. The molecule has 0 saturated carbocycles. The van der Waals surface area contributed by atoms with E-state index in [1.165, 1.54) is 6.20 Å². The van der Waals surface area contributed by atoms with Gasteiger partial charge in [-0.1, -0.05) is 0 Å². The van der Waals surface area contributed by atoms with E-state index in [-0.39, 0.29) is 5.91 Å². The Morgan fingerprint density at radius 1 is 1.47 bits per heavy atom. The maximum Gasteiger partial charge on any atom is 0.273 e. The second-order valence-corrected chi connectivity index (χ2v) is 2.94. The molecular weight excluding hydrogens is 196 g/mol. The monoisotopic (exact) mass is 206 g/mol. The topological polar surface area (TPSA) is 99.4 Å². The van der Waals surface area contributed by atoms with Crippen LogP contribution in [0.4, 0.5) is 0 Å². The summed E-state index contributed by atoms with van der Waals surface area (Å²) in [5, 5.41) is 12.3. The summed E-state index contributed by atoms with van der Waals surface area (Å²) in [5.74, 6) is -0.233. The van der Waals surface area contributed by atoms with Crippen molar-refractivity contribution in [3.8, 4) is 0 Å². The number of nitrogens with one attached hydrogen (secondary N) is 3. The minimum absolute atomic E-state index is 0.233. The van der Waals surface area contributed by atoms with Gasteiger partial charge in [-0.05, 0) is 0 Å². The highest BCUT2D eigenvalue weighted by atomic mass is 16.1. The highest BCUT2D eigenvalue weighted by Crippen LogP contribution is 1.92. The fraction of sp³-hybridized carbons (Fsp3) is 0.250. The van der Waals surface area contributed by atoms with Gasteiger partial charge in [-0.3, -0.25) is 4.79 Å². The summed E-state index contributed by atoms with van der Waals surface area (Å²) in [7, 11) is 0. The number of carbonyl (C=O) groups excluding carboxylic acids is 1. The molecule has 0 radical (unpaired) electrons. The number of aromatic amines is 2. The zero-order chi connectivity index (χ0) is 10.5. The summed E-state index contributed by atoms with van der Waals surface area (Å²) in [6.45, 7) is 0.536. The van der Waals surface area contributed by atoms with Gasteiger partial charge in [-0.25, -0.2) is 4.98 Å². The minimum atomic E-state index is -0.233. The molecule has 0 atom stereocenters. The van der Waals surface area contributed by atoms with E-state index >= 15 is 0 Å². The summed E-state index contributed by atoms with van der Waals surface area (Å²) in [4.78, 5) is 18.2. The van der Waals surface area contributed by atoms with Gasteiger partial charge in [0.15, 0.2) is 5.69 Å². The number of carbonyl (C=O) groups is 1. The lowest BCUT2D eigenvalue weighted by Crippen LogP contribution is -2.26. The molecule has 0 fully saturated rings. The summed E-state index contributed by atoms with van der Waals surface area (Å²) in [6, 6.07) is 0. The van der Waals surface area contributed by atoms with E-state index in [0.29, 0.717) is 18.7 Å². The van der Waals surface area contributed by atoms with Gasteiger partial charge in [-0.2, -0.15) is 15.4 Å². The lowest BCUT2D eigenvalue weighted by atomic mass is 10.3. The number of imidazole rings is 1. The Balaban J connectivity index is 1.77. The molecule has 2 heterocycles. The molecule has 0 aliphatic carbocycles. The molecule has 2 rings (SSSR count). The molecule has 2 aromatic heterocycles. The van der Waals surface area contributed by atoms with Crippen molar-refractivity contribution in [2.45, 2.75) is 6.42 Å². The van der Waals surface area contributed by atoms with E-state index in [1.54, 1.807) is 12.5 Å². The molecule has 0 unspecified atom stereocenters. The molecule has 0 saturated heterocycles. The van der Waals surface area contributed by atoms with Crippen LogP contribution in [0.1, 0.15) is 16.2 Å². The molecule has 7 heteroatoms. The quantitative estimate of drug-likeness (QED) is 0.628. The molecule has 0 aliphatic heterocycles. The number of hydrogen-bond donors (Lipinski definition) is 3. The van der Waals surface area contributed by atoms with Gasteiger partial charge in [0.2, 0.25) is 0 Å². The summed E-state index contributed by atoms with van der Waals surface area (Å²) >= 11 is 0. The lowest BCUT2D eigenvalue weighted by Gasteiger charge is -2.00. The van der Waals surface area contributed by atoms with Crippen LogP contribution < -0.4 is 5.32 Å². The van der Waals surface area contributed by atoms with Crippen LogP contribution >= 0.6 is 0 Å². The summed E-state index contributed by atoms with van der Waals surface area (Å²) in [5.41, 5.74) is 1.27. The van der Waals surface area contributed by atoms with Crippen molar-refractivity contribution in [1.82, 2.24) is 30.7 Å². The number of H-pyrrole nitrogens is 2. The van der Waals surface area contributed by atoms with Crippen LogP contribution in [-0.2, 0) is 6.42 Å². The van der Waals surface area contributed by atoms with Crippen LogP contribution in [0.2, 0.25) is 0 Å². The first-order valence-electron chi connectivity index (χ1n) is 4.47. The zero-order valence-corrected chi connectivity index (χ0v) is 7.90. The van der Waals surface area contributed by atoms with Crippen molar-refractivity contribution in [3.05, 3.63) is 30.1 Å². The van der Waals surface area contributed by atoms with Crippen LogP contribution in [0.15, 0.2) is 18.7 Å². The summed E-state index contributed by atoms with van der Waals surface area (Å²) < 4.78 is 0. The van der Waals surface area contributed by atoms with E-state index < -0.39 is 0 Å².